The summed E-state index contributed by atoms with van der Waals surface area (Å²) in [5.41, 5.74) is 3.24. The average molecular weight is 403 g/mol. The van der Waals surface area contributed by atoms with Crippen LogP contribution in [0.25, 0.3) is 22.0 Å². The van der Waals surface area contributed by atoms with Crippen molar-refractivity contribution in [2.45, 2.75) is 19.8 Å². The normalized spacial score (nSPS) is 10.8. The maximum atomic E-state index is 12.3. The molecule has 1 aromatic heterocycles. The third-order valence-electron chi connectivity index (χ3n) is 4.65. The van der Waals surface area contributed by atoms with E-state index in [0.29, 0.717) is 10.9 Å². The van der Waals surface area contributed by atoms with Crippen LogP contribution in [-0.2, 0) is 11.2 Å². The molecule has 0 aliphatic rings. The van der Waals surface area contributed by atoms with E-state index in [0.717, 1.165) is 34.9 Å². The number of rotatable bonds is 7. The summed E-state index contributed by atoms with van der Waals surface area (Å²) < 4.78 is 5.75. The number of aryl methyl sites for hydroxylation is 1. The first-order chi connectivity index (χ1) is 14.2. The fourth-order valence-corrected chi connectivity index (χ4v) is 3.95. The van der Waals surface area contributed by atoms with Crippen LogP contribution in [0.5, 0.6) is 5.75 Å². The smallest absolute Gasteiger partial charge is 0.264 e. The van der Waals surface area contributed by atoms with Crippen molar-refractivity contribution >= 4 is 33.1 Å². The highest BCUT2D eigenvalue weighted by molar-refractivity contribution is 7.14. The number of aromatic nitrogens is 1. The van der Waals surface area contributed by atoms with Crippen molar-refractivity contribution in [3.8, 4) is 17.0 Å². The van der Waals surface area contributed by atoms with Crippen LogP contribution < -0.4 is 10.1 Å². The van der Waals surface area contributed by atoms with Crippen LogP contribution in [0.3, 0.4) is 0 Å². The molecule has 4 rings (SSSR count). The van der Waals surface area contributed by atoms with Gasteiger partial charge in [-0.05, 0) is 23.4 Å². The molecular weight excluding hydrogens is 380 g/mol. The molecule has 4 aromatic rings. The minimum absolute atomic E-state index is 0.0609. The van der Waals surface area contributed by atoms with Gasteiger partial charge in [0.2, 0.25) is 0 Å². The van der Waals surface area contributed by atoms with Crippen molar-refractivity contribution in [3.05, 3.63) is 77.7 Å². The van der Waals surface area contributed by atoms with E-state index in [1.807, 2.05) is 47.8 Å². The highest BCUT2D eigenvalue weighted by Gasteiger charge is 2.10. The predicted octanol–water partition coefficient (Wildman–Crippen LogP) is 5.93. The summed E-state index contributed by atoms with van der Waals surface area (Å²) in [6.07, 6.45) is 2.21. The first-order valence-electron chi connectivity index (χ1n) is 9.68. The standard InChI is InChI=1S/C24H22N2O2S/c1-2-6-17-11-13-19(14-12-17)21-16-29-24(25-21)26-23(27)15-28-22-10-5-8-18-7-3-4-9-20(18)22/h3-5,7-14,16H,2,6,15H2,1H3,(H,25,26,27). The molecule has 146 valence electrons. The highest BCUT2D eigenvalue weighted by atomic mass is 32.1. The van der Waals surface area contributed by atoms with E-state index in [9.17, 15) is 4.79 Å². The summed E-state index contributed by atoms with van der Waals surface area (Å²) in [7, 11) is 0. The average Bonchev–Trinajstić information content (AvgIpc) is 3.21. The lowest BCUT2D eigenvalue weighted by Gasteiger charge is -2.08. The molecular formula is C24H22N2O2S. The summed E-state index contributed by atoms with van der Waals surface area (Å²) in [5.74, 6) is 0.474. The van der Waals surface area contributed by atoms with Crippen LogP contribution in [0.1, 0.15) is 18.9 Å². The Morgan fingerprint density at radius 1 is 1.03 bits per heavy atom. The molecule has 5 heteroatoms. The van der Waals surface area contributed by atoms with Crippen LogP contribution in [0.15, 0.2) is 72.1 Å². The minimum Gasteiger partial charge on any atom is -0.483 e. The highest BCUT2D eigenvalue weighted by Crippen LogP contribution is 2.27. The molecule has 0 bridgehead atoms. The summed E-state index contributed by atoms with van der Waals surface area (Å²) in [5, 5.41) is 7.43. The van der Waals surface area contributed by atoms with Gasteiger partial charge in [-0.2, -0.15) is 0 Å². The van der Waals surface area contributed by atoms with Crippen molar-refractivity contribution in [1.82, 2.24) is 4.98 Å². The minimum atomic E-state index is -0.225. The number of hydrogen-bond acceptors (Lipinski definition) is 4. The quantitative estimate of drug-likeness (QED) is 0.417. The van der Waals surface area contributed by atoms with Crippen molar-refractivity contribution in [2.75, 3.05) is 11.9 Å². The Labute approximate surface area is 174 Å². The Kier molecular flexibility index (Phi) is 5.86. The number of benzene rings is 3. The number of anilines is 1. The fourth-order valence-electron chi connectivity index (χ4n) is 3.21. The van der Waals surface area contributed by atoms with Gasteiger partial charge in [-0.25, -0.2) is 4.98 Å². The number of nitrogens with one attached hydrogen (secondary N) is 1. The maximum absolute atomic E-state index is 12.3. The van der Waals surface area contributed by atoms with Gasteiger partial charge in [0, 0.05) is 16.3 Å². The lowest BCUT2D eigenvalue weighted by atomic mass is 10.1. The molecule has 29 heavy (non-hydrogen) atoms. The molecule has 0 spiro atoms. The third-order valence-corrected chi connectivity index (χ3v) is 5.41. The monoisotopic (exact) mass is 402 g/mol. The first-order valence-corrected chi connectivity index (χ1v) is 10.6. The van der Waals surface area contributed by atoms with Crippen molar-refractivity contribution in [2.24, 2.45) is 0 Å². The molecule has 0 atom stereocenters. The van der Waals surface area contributed by atoms with Gasteiger partial charge >= 0.3 is 0 Å². The molecule has 1 N–H and O–H groups in total. The van der Waals surface area contributed by atoms with Gasteiger partial charge in [-0.1, -0.05) is 74.0 Å². The van der Waals surface area contributed by atoms with Gasteiger partial charge in [-0.15, -0.1) is 11.3 Å². The molecule has 0 aliphatic heterocycles. The molecule has 1 heterocycles. The Balaban J connectivity index is 1.38. The molecule has 0 unspecified atom stereocenters. The van der Waals surface area contributed by atoms with E-state index < -0.39 is 0 Å². The van der Waals surface area contributed by atoms with E-state index >= 15 is 0 Å². The summed E-state index contributed by atoms with van der Waals surface area (Å²) in [6, 6.07) is 22.2. The lowest BCUT2D eigenvalue weighted by Crippen LogP contribution is -2.20. The molecule has 0 radical (unpaired) electrons. The second-order valence-electron chi connectivity index (χ2n) is 6.80. The van der Waals surface area contributed by atoms with Crippen molar-refractivity contribution in [3.63, 3.8) is 0 Å². The topological polar surface area (TPSA) is 51.2 Å². The molecule has 3 aromatic carbocycles. The number of carbonyl (C=O) groups is 1. The molecule has 0 saturated heterocycles. The van der Waals surface area contributed by atoms with E-state index in [1.165, 1.54) is 16.9 Å². The van der Waals surface area contributed by atoms with Gasteiger partial charge in [0.25, 0.3) is 5.91 Å². The number of nitrogens with zero attached hydrogens (tertiary/aromatic N) is 1. The van der Waals surface area contributed by atoms with E-state index in [1.54, 1.807) is 0 Å². The van der Waals surface area contributed by atoms with E-state index in [-0.39, 0.29) is 12.5 Å². The van der Waals surface area contributed by atoms with Crippen LogP contribution in [0.2, 0.25) is 0 Å². The fraction of sp³-hybridized carbons (Fsp3) is 0.167. The second kappa shape index (κ2) is 8.88. The zero-order valence-corrected chi connectivity index (χ0v) is 17.0. The molecule has 0 saturated carbocycles. The summed E-state index contributed by atoms with van der Waals surface area (Å²) in [6.45, 7) is 2.11. The van der Waals surface area contributed by atoms with Gasteiger partial charge in [-0.3, -0.25) is 10.1 Å². The number of thiazole rings is 1. The maximum Gasteiger partial charge on any atom is 0.264 e. The number of amides is 1. The summed E-state index contributed by atoms with van der Waals surface area (Å²) in [4.78, 5) is 16.8. The Morgan fingerprint density at radius 3 is 2.66 bits per heavy atom. The van der Waals surface area contributed by atoms with Gasteiger partial charge in [0.15, 0.2) is 11.7 Å². The zero-order chi connectivity index (χ0) is 20.1. The SMILES string of the molecule is CCCc1ccc(-c2csc(NC(=O)COc3cccc4ccccc34)n2)cc1. The van der Waals surface area contributed by atoms with Crippen LogP contribution in [0, 0.1) is 0 Å². The molecule has 0 aliphatic carbocycles. The van der Waals surface area contributed by atoms with Gasteiger partial charge < -0.3 is 4.74 Å². The van der Waals surface area contributed by atoms with Crippen molar-refractivity contribution < 1.29 is 9.53 Å². The predicted molar refractivity (Wildman–Crippen MR) is 120 cm³/mol. The number of ether oxygens (including phenoxy) is 1. The Morgan fingerprint density at radius 2 is 1.83 bits per heavy atom. The Bertz CT molecular complexity index is 1110. The largest absolute Gasteiger partial charge is 0.483 e. The summed E-state index contributed by atoms with van der Waals surface area (Å²) >= 11 is 1.41. The molecule has 0 fully saturated rings. The van der Waals surface area contributed by atoms with Crippen LogP contribution >= 0.6 is 11.3 Å². The number of fused-ring (bicyclic) bond motifs is 1. The molecule has 1 amide bonds. The van der Waals surface area contributed by atoms with Gasteiger partial charge in [0.05, 0.1) is 5.69 Å². The third kappa shape index (κ3) is 4.63. The first kappa shape index (κ1) is 19.2. The van der Waals surface area contributed by atoms with Crippen LogP contribution in [-0.4, -0.2) is 17.5 Å². The van der Waals surface area contributed by atoms with E-state index in [4.69, 9.17) is 4.74 Å². The van der Waals surface area contributed by atoms with Gasteiger partial charge in [0.1, 0.15) is 5.75 Å². The molecule has 4 nitrogen and oxygen atoms in total. The number of hydrogen-bond donors (Lipinski definition) is 1. The lowest BCUT2D eigenvalue weighted by molar-refractivity contribution is -0.118. The van der Waals surface area contributed by atoms with Crippen LogP contribution in [0.4, 0.5) is 5.13 Å². The number of carbonyl (C=O) groups excluding carboxylic acids is 1. The van der Waals surface area contributed by atoms with E-state index in [2.05, 4.69) is 41.5 Å². The zero-order valence-electron chi connectivity index (χ0n) is 16.2. The van der Waals surface area contributed by atoms with Crippen molar-refractivity contribution in [1.29, 1.82) is 0 Å². The second-order valence-corrected chi connectivity index (χ2v) is 7.66. The Hall–Kier alpha value is -3.18.